The van der Waals surface area contributed by atoms with E-state index in [0.717, 1.165) is 48.1 Å². The van der Waals surface area contributed by atoms with Gasteiger partial charge in [-0.05, 0) is 46.5 Å². The van der Waals surface area contributed by atoms with E-state index >= 15 is 0 Å². The molecule has 0 saturated heterocycles. The van der Waals surface area contributed by atoms with Gasteiger partial charge in [-0.15, -0.1) is 11.3 Å². The lowest BCUT2D eigenvalue weighted by Gasteiger charge is -2.16. The Kier molecular flexibility index (Phi) is 5.86. The summed E-state index contributed by atoms with van der Waals surface area (Å²) in [6, 6.07) is 35.2. The lowest BCUT2D eigenvalue weighted by Crippen LogP contribution is -2.04. The van der Waals surface area contributed by atoms with Crippen LogP contribution in [0.25, 0.3) is 104 Å². The van der Waals surface area contributed by atoms with Gasteiger partial charge in [0.2, 0.25) is 0 Å². The summed E-state index contributed by atoms with van der Waals surface area (Å²) in [5.74, 6) is 0.982. The van der Waals surface area contributed by atoms with Gasteiger partial charge in [0.25, 0.3) is 0 Å². The number of benzene rings is 7. The highest BCUT2D eigenvalue weighted by molar-refractivity contribution is 7.26. The molecule has 0 saturated carbocycles. The Bertz CT molecular complexity index is 3630. The van der Waals surface area contributed by atoms with Crippen LogP contribution in [0.15, 0.2) is 182 Å². The molecule has 56 heavy (non-hydrogen) atoms. The van der Waals surface area contributed by atoms with E-state index in [1.165, 1.54) is 4.57 Å². The van der Waals surface area contributed by atoms with Crippen molar-refractivity contribution in [1.82, 2.24) is 29.5 Å². The molecule has 0 fully saturated rings. The van der Waals surface area contributed by atoms with Crippen LogP contribution in [-0.4, -0.2) is 29.5 Å². The molecule has 0 unspecified atom stereocenters. The third kappa shape index (κ3) is 5.36. The van der Waals surface area contributed by atoms with Gasteiger partial charge in [-0.1, -0.05) is 145 Å². The van der Waals surface area contributed by atoms with Crippen molar-refractivity contribution in [3.05, 3.63) is 182 Å². The predicted octanol–water partition coefficient (Wildman–Crippen LogP) is 12.5. The first-order valence-electron chi connectivity index (χ1n) is 21.8. The molecule has 0 aliphatic rings. The molecule has 7 heteroatoms. The van der Waals surface area contributed by atoms with Gasteiger partial charge in [-0.25, -0.2) is 24.9 Å². The average molecular weight is 743 g/mol. The minimum Gasteiger partial charge on any atom is -0.308 e. The van der Waals surface area contributed by atoms with Gasteiger partial charge in [-0.2, -0.15) is 0 Å². The Labute approximate surface area is 337 Å². The minimum absolute atomic E-state index is 0.00619. The quantitative estimate of drug-likeness (QED) is 0.170. The number of thiophene rings is 1. The first-order chi connectivity index (χ1) is 31.1. The molecule has 0 bridgehead atoms. The van der Waals surface area contributed by atoms with Crippen molar-refractivity contribution in [1.29, 1.82) is 0 Å². The fraction of sp³-hybridized carbons (Fsp3) is 0. The van der Waals surface area contributed by atoms with Crippen LogP contribution in [0, 0.1) is 0 Å². The van der Waals surface area contributed by atoms with Gasteiger partial charge in [-0.3, -0.25) is 0 Å². The molecule has 7 aromatic carbocycles. The number of aromatic nitrogens is 6. The fourth-order valence-corrected chi connectivity index (χ4v) is 8.45. The number of para-hydroxylation sites is 2. The highest BCUT2D eigenvalue weighted by Crippen LogP contribution is 2.40. The van der Waals surface area contributed by atoms with E-state index in [1.807, 2.05) is 115 Å². The molecule has 0 atom stereocenters. The Hall–Kier alpha value is -7.35. The van der Waals surface area contributed by atoms with Gasteiger partial charge >= 0.3 is 0 Å². The van der Waals surface area contributed by atoms with E-state index in [-0.39, 0.29) is 27.6 Å². The highest BCUT2D eigenvalue weighted by atomic mass is 32.1. The molecule has 262 valence electrons. The molecule has 0 radical (unpaired) electrons. The van der Waals surface area contributed by atoms with Crippen LogP contribution in [0.2, 0.25) is 0 Å². The Morgan fingerprint density at radius 2 is 1.11 bits per heavy atom. The predicted molar refractivity (Wildman–Crippen MR) is 230 cm³/mol. The zero-order chi connectivity index (χ0) is 44.0. The lowest BCUT2D eigenvalue weighted by molar-refractivity contribution is 1.06. The second-order valence-electron chi connectivity index (χ2n) is 13.2. The van der Waals surface area contributed by atoms with Crippen LogP contribution in [0.3, 0.4) is 0 Å². The molecule has 4 aromatic heterocycles. The van der Waals surface area contributed by atoms with Crippen molar-refractivity contribution in [2.24, 2.45) is 0 Å². The fourth-order valence-electron chi connectivity index (χ4n) is 7.28. The Morgan fingerprint density at radius 1 is 0.500 bits per heavy atom. The summed E-state index contributed by atoms with van der Waals surface area (Å²) in [6.45, 7) is 0. The summed E-state index contributed by atoms with van der Waals surface area (Å²) < 4.78 is 75.0. The van der Waals surface area contributed by atoms with Gasteiger partial charge < -0.3 is 4.57 Å². The van der Waals surface area contributed by atoms with Crippen LogP contribution in [0.5, 0.6) is 0 Å². The molecule has 11 rings (SSSR count). The van der Waals surface area contributed by atoms with Crippen molar-refractivity contribution in [2.45, 2.75) is 0 Å². The van der Waals surface area contributed by atoms with Crippen molar-refractivity contribution in [3.63, 3.8) is 0 Å². The average Bonchev–Trinajstić information content (AvgIpc) is 3.91. The van der Waals surface area contributed by atoms with E-state index < -0.39 is 48.3 Å². The summed E-state index contributed by atoms with van der Waals surface area (Å²) in [7, 11) is 0. The van der Waals surface area contributed by atoms with Gasteiger partial charge in [0.15, 0.2) is 17.5 Å². The highest BCUT2D eigenvalue weighted by Gasteiger charge is 2.20. The third-order valence-electron chi connectivity index (χ3n) is 9.90. The standard InChI is InChI=1S/C49H30N6S/c1-3-12-31(13-4-1)35-26-27-39(43(28-35)55-41-20-9-7-16-37(41)38-17-8-10-21-42(38)55)49-53-47(33-14-5-2-6-15-33)52-48(54-49)34-24-22-32(23-25-34)36-18-11-19-40-45-44(56-46(36)40)29-50-30-51-45/h1-30H/i7D,8D,9D,10D,16D,17D,20D,21D. The van der Waals surface area contributed by atoms with Crippen LogP contribution in [0.1, 0.15) is 11.0 Å². The van der Waals surface area contributed by atoms with Gasteiger partial charge in [0.1, 0.15) is 6.33 Å². The summed E-state index contributed by atoms with van der Waals surface area (Å²) in [5.41, 5.74) is 6.74. The van der Waals surface area contributed by atoms with Crippen LogP contribution in [-0.2, 0) is 0 Å². The van der Waals surface area contributed by atoms with Gasteiger partial charge in [0, 0.05) is 43.7 Å². The summed E-state index contributed by atoms with van der Waals surface area (Å²) >= 11 is 1.65. The lowest BCUT2D eigenvalue weighted by atomic mass is 10.0. The molecule has 11 aromatic rings. The molecular formula is C49H30N6S. The van der Waals surface area contributed by atoms with E-state index in [2.05, 4.69) is 22.1 Å². The zero-order valence-corrected chi connectivity index (χ0v) is 30.1. The molecule has 0 aliphatic carbocycles. The largest absolute Gasteiger partial charge is 0.308 e. The Balaban J connectivity index is 1.18. The number of fused-ring (bicyclic) bond motifs is 6. The van der Waals surface area contributed by atoms with Crippen molar-refractivity contribution >= 4 is 53.4 Å². The van der Waals surface area contributed by atoms with Crippen LogP contribution < -0.4 is 0 Å². The summed E-state index contributed by atoms with van der Waals surface area (Å²) in [6.07, 6.45) is 3.40. The SMILES string of the molecule is [2H]c1c([2H])c([2H])c2c(c1[2H])c1c([2H])c([2H])c([2H])c([2H])c1n2-c1cc(-c2ccccc2)ccc1-c1nc(-c2ccccc2)nc(-c2ccc(-c3cccc4c3sc3cncnc34)cc2)n1. The van der Waals surface area contributed by atoms with Gasteiger partial charge in [0.05, 0.1) is 37.9 Å². The van der Waals surface area contributed by atoms with Crippen molar-refractivity contribution in [2.75, 3.05) is 0 Å². The maximum Gasteiger partial charge on any atom is 0.166 e. The molecule has 0 spiro atoms. The summed E-state index contributed by atoms with van der Waals surface area (Å²) in [5, 5.41) is 1.01. The normalized spacial score (nSPS) is 13.6. The van der Waals surface area contributed by atoms with Crippen molar-refractivity contribution in [3.8, 4) is 62.1 Å². The third-order valence-corrected chi connectivity index (χ3v) is 11.1. The topological polar surface area (TPSA) is 69.4 Å². The second kappa shape index (κ2) is 13.2. The maximum absolute atomic E-state index is 9.26. The minimum atomic E-state index is -0.516. The van der Waals surface area contributed by atoms with E-state index in [0.29, 0.717) is 28.5 Å². The number of rotatable bonds is 6. The maximum atomic E-state index is 9.26. The molecule has 0 amide bonds. The molecule has 0 aliphatic heterocycles. The molecular weight excluding hydrogens is 705 g/mol. The van der Waals surface area contributed by atoms with Crippen molar-refractivity contribution < 1.29 is 11.0 Å². The summed E-state index contributed by atoms with van der Waals surface area (Å²) in [4.78, 5) is 23.9. The molecule has 6 nitrogen and oxygen atoms in total. The Morgan fingerprint density at radius 3 is 1.82 bits per heavy atom. The van der Waals surface area contributed by atoms with E-state index in [4.69, 9.17) is 23.2 Å². The van der Waals surface area contributed by atoms with Crippen LogP contribution >= 0.6 is 11.3 Å². The van der Waals surface area contributed by atoms with E-state index in [1.54, 1.807) is 17.7 Å². The van der Waals surface area contributed by atoms with Crippen LogP contribution in [0.4, 0.5) is 0 Å². The zero-order valence-electron chi connectivity index (χ0n) is 37.3. The first-order valence-corrected chi connectivity index (χ1v) is 18.6. The molecule has 0 N–H and O–H groups in total. The number of hydrogen-bond donors (Lipinski definition) is 0. The number of nitrogens with zero attached hydrogens (tertiary/aromatic N) is 6. The molecule has 4 heterocycles. The number of hydrogen-bond acceptors (Lipinski definition) is 6. The smallest absolute Gasteiger partial charge is 0.166 e. The first kappa shape index (κ1) is 24.9. The monoisotopic (exact) mass is 742 g/mol. The van der Waals surface area contributed by atoms with E-state index in [9.17, 15) is 2.74 Å². The second-order valence-corrected chi connectivity index (χ2v) is 14.2.